The summed E-state index contributed by atoms with van der Waals surface area (Å²) in [6.45, 7) is 0.657. The van der Waals surface area contributed by atoms with Gasteiger partial charge in [-0.3, -0.25) is 13.9 Å². The SMILES string of the molecule is CNCCC(=O)c1ccc2c(c1)n(C)c(=O)n2C. The van der Waals surface area contributed by atoms with Gasteiger partial charge in [0.25, 0.3) is 0 Å². The summed E-state index contributed by atoms with van der Waals surface area (Å²) in [4.78, 5) is 23.7. The molecule has 2 aromatic rings. The third kappa shape index (κ3) is 1.97. The summed E-state index contributed by atoms with van der Waals surface area (Å²) >= 11 is 0. The highest BCUT2D eigenvalue weighted by molar-refractivity contribution is 5.99. The second-order valence-electron chi connectivity index (χ2n) is 4.38. The van der Waals surface area contributed by atoms with Crippen LogP contribution in [0.2, 0.25) is 0 Å². The first-order chi connectivity index (χ1) is 8.56. The fourth-order valence-corrected chi connectivity index (χ4v) is 2.06. The number of hydrogen-bond acceptors (Lipinski definition) is 3. The van der Waals surface area contributed by atoms with E-state index in [1.54, 1.807) is 35.4 Å². The Bertz CT molecular complexity index is 652. The van der Waals surface area contributed by atoms with Crippen molar-refractivity contribution in [2.75, 3.05) is 13.6 Å². The zero-order valence-electron chi connectivity index (χ0n) is 10.9. The van der Waals surface area contributed by atoms with Gasteiger partial charge >= 0.3 is 5.69 Å². The van der Waals surface area contributed by atoms with Gasteiger partial charge in [-0.15, -0.1) is 0 Å². The molecule has 0 radical (unpaired) electrons. The van der Waals surface area contributed by atoms with Crippen LogP contribution in [-0.4, -0.2) is 28.5 Å². The largest absolute Gasteiger partial charge is 0.328 e. The van der Waals surface area contributed by atoms with Gasteiger partial charge < -0.3 is 5.32 Å². The quantitative estimate of drug-likeness (QED) is 0.808. The Morgan fingerprint density at radius 1 is 1.22 bits per heavy atom. The Hall–Kier alpha value is -1.88. The van der Waals surface area contributed by atoms with E-state index in [4.69, 9.17) is 0 Å². The molecular weight excluding hydrogens is 230 g/mol. The van der Waals surface area contributed by atoms with Gasteiger partial charge in [0.15, 0.2) is 5.78 Å². The molecule has 0 amide bonds. The molecule has 0 spiro atoms. The molecule has 1 N–H and O–H groups in total. The van der Waals surface area contributed by atoms with E-state index in [0.717, 1.165) is 11.0 Å². The number of fused-ring (bicyclic) bond motifs is 1. The van der Waals surface area contributed by atoms with Crippen molar-refractivity contribution in [3.63, 3.8) is 0 Å². The lowest BCUT2D eigenvalue weighted by Gasteiger charge is -2.02. The molecule has 1 aromatic heterocycles. The second-order valence-corrected chi connectivity index (χ2v) is 4.38. The van der Waals surface area contributed by atoms with Crippen molar-refractivity contribution in [1.82, 2.24) is 14.5 Å². The van der Waals surface area contributed by atoms with Crippen LogP contribution in [0.5, 0.6) is 0 Å². The van der Waals surface area contributed by atoms with Crippen LogP contribution in [0.1, 0.15) is 16.8 Å². The molecule has 18 heavy (non-hydrogen) atoms. The van der Waals surface area contributed by atoms with Crippen molar-refractivity contribution in [3.05, 3.63) is 34.2 Å². The number of ketones is 1. The molecular formula is C13H17N3O2. The normalized spacial score (nSPS) is 11.1. The van der Waals surface area contributed by atoms with Crippen molar-refractivity contribution in [2.45, 2.75) is 6.42 Å². The molecule has 0 aliphatic carbocycles. The number of carbonyl (C=O) groups is 1. The molecule has 0 unspecified atom stereocenters. The lowest BCUT2D eigenvalue weighted by molar-refractivity contribution is 0.0983. The number of rotatable bonds is 4. The van der Waals surface area contributed by atoms with Gasteiger partial charge in [0.05, 0.1) is 11.0 Å². The Morgan fingerprint density at radius 3 is 2.56 bits per heavy atom. The predicted molar refractivity (Wildman–Crippen MR) is 71.0 cm³/mol. The Balaban J connectivity index is 2.48. The molecule has 0 aliphatic heterocycles. The molecule has 2 rings (SSSR count). The summed E-state index contributed by atoms with van der Waals surface area (Å²) in [6, 6.07) is 5.39. The molecule has 0 atom stereocenters. The third-order valence-corrected chi connectivity index (χ3v) is 3.20. The van der Waals surface area contributed by atoms with Gasteiger partial charge in [-0.1, -0.05) is 0 Å². The zero-order chi connectivity index (χ0) is 13.3. The van der Waals surface area contributed by atoms with E-state index in [-0.39, 0.29) is 11.5 Å². The highest BCUT2D eigenvalue weighted by atomic mass is 16.1. The first kappa shape index (κ1) is 12.6. The van der Waals surface area contributed by atoms with Crippen molar-refractivity contribution >= 4 is 16.8 Å². The summed E-state index contributed by atoms with van der Waals surface area (Å²) in [7, 11) is 5.26. The fraction of sp³-hybridized carbons (Fsp3) is 0.385. The van der Waals surface area contributed by atoms with Crippen LogP contribution in [0.3, 0.4) is 0 Å². The highest BCUT2D eigenvalue weighted by Crippen LogP contribution is 2.15. The Morgan fingerprint density at radius 2 is 1.89 bits per heavy atom. The Labute approximate surface area is 105 Å². The number of imidazole rings is 1. The number of aromatic nitrogens is 2. The van der Waals surface area contributed by atoms with Gasteiger partial charge in [0, 0.05) is 32.6 Å². The van der Waals surface area contributed by atoms with Gasteiger partial charge in [-0.05, 0) is 25.2 Å². The van der Waals surface area contributed by atoms with Crippen LogP contribution in [0.15, 0.2) is 23.0 Å². The molecule has 5 heteroatoms. The predicted octanol–water partition coefficient (Wildman–Crippen LogP) is 0.669. The molecule has 5 nitrogen and oxygen atoms in total. The zero-order valence-corrected chi connectivity index (χ0v) is 10.9. The molecule has 0 saturated heterocycles. The van der Waals surface area contributed by atoms with Gasteiger partial charge in [-0.25, -0.2) is 4.79 Å². The molecule has 1 heterocycles. The number of benzene rings is 1. The van der Waals surface area contributed by atoms with E-state index in [1.165, 1.54) is 0 Å². The molecule has 0 saturated carbocycles. The highest BCUT2D eigenvalue weighted by Gasteiger charge is 2.11. The molecule has 0 fully saturated rings. The van der Waals surface area contributed by atoms with E-state index in [2.05, 4.69) is 5.32 Å². The van der Waals surface area contributed by atoms with Crippen LogP contribution >= 0.6 is 0 Å². The van der Waals surface area contributed by atoms with Crippen LogP contribution in [0.4, 0.5) is 0 Å². The van der Waals surface area contributed by atoms with E-state index in [1.807, 2.05) is 13.1 Å². The average Bonchev–Trinajstić information content (AvgIpc) is 2.61. The number of hydrogen-bond donors (Lipinski definition) is 1. The maximum atomic E-state index is 11.9. The smallest absolute Gasteiger partial charge is 0.319 e. The number of Topliss-reactive ketones (excluding diaryl/α,β-unsaturated/α-hetero) is 1. The summed E-state index contributed by atoms with van der Waals surface area (Å²) in [6.07, 6.45) is 0.461. The fourth-order valence-electron chi connectivity index (χ4n) is 2.06. The molecule has 0 bridgehead atoms. The average molecular weight is 247 g/mol. The minimum Gasteiger partial charge on any atom is -0.319 e. The topological polar surface area (TPSA) is 56.0 Å². The summed E-state index contributed by atoms with van der Waals surface area (Å²) < 4.78 is 3.14. The second kappa shape index (κ2) is 4.78. The van der Waals surface area contributed by atoms with Gasteiger partial charge in [0.1, 0.15) is 0 Å². The minimum absolute atomic E-state index is 0.0789. The lowest BCUT2D eigenvalue weighted by Crippen LogP contribution is -2.19. The van der Waals surface area contributed by atoms with Crippen molar-refractivity contribution < 1.29 is 4.79 Å². The standard InChI is InChI=1S/C13H17N3O2/c1-14-7-6-12(17)9-4-5-10-11(8-9)16(3)13(18)15(10)2/h4-5,8,14H,6-7H2,1-3H3. The maximum Gasteiger partial charge on any atom is 0.328 e. The summed E-state index contributed by atoms with van der Waals surface area (Å²) in [5.41, 5.74) is 2.20. The molecule has 1 aromatic carbocycles. The first-order valence-electron chi connectivity index (χ1n) is 5.89. The monoisotopic (exact) mass is 247 g/mol. The first-order valence-corrected chi connectivity index (χ1v) is 5.89. The number of carbonyl (C=O) groups excluding carboxylic acids is 1. The summed E-state index contributed by atoms with van der Waals surface area (Å²) in [5.74, 6) is 0.0857. The van der Waals surface area contributed by atoms with E-state index in [0.29, 0.717) is 18.5 Å². The number of nitrogens with one attached hydrogen (secondary N) is 1. The number of aryl methyl sites for hydroxylation is 2. The lowest BCUT2D eigenvalue weighted by atomic mass is 10.1. The van der Waals surface area contributed by atoms with E-state index >= 15 is 0 Å². The minimum atomic E-state index is -0.0789. The van der Waals surface area contributed by atoms with Crippen LogP contribution < -0.4 is 11.0 Å². The number of nitrogens with zero attached hydrogens (tertiary/aromatic N) is 2. The Kier molecular flexibility index (Phi) is 3.34. The van der Waals surface area contributed by atoms with Crippen molar-refractivity contribution in [2.24, 2.45) is 14.1 Å². The third-order valence-electron chi connectivity index (χ3n) is 3.20. The maximum absolute atomic E-state index is 11.9. The van der Waals surface area contributed by atoms with Crippen LogP contribution in [0.25, 0.3) is 11.0 Å². The summed E-state index contributed by atoms with van der Waals surface area (Å²) in [5, 5.41) is 2.95. The van der Waals surface area contributed by atoms with Crippen LogP contribution in [0, 0.1) is 0 Å². The van der Waals surface area contributed by atoms with Crippen molar-refractivity contribution in [3.8, 4) is 0 Å². The van der Waals surface area contributed by atoms with E-state index < -0.39 is 0 Å². The molecule has 0 aliphatic rings. The molecule has 96 valence electrons. The van der Waals surface area contributed by atoms with Gasteiger partial charge in [-0.2, -0.15) is 0 Å². The van der Waals surface area contributed by atoms with E-state index in [9.17, 15) is 9.59 Å². The van der Waals surface area contributed by atoms with Crippen molar-refractivity contribution in [1.29, 1.82) is 0 Å². The van der Waals surface area contributed by atoms with Gasteiger partial charge in [0.2, 0.25) is 0 Å². The van der Waals surface area contributed by atoms with Crippen LogP contribution in [-0.2, 0) is 14.1 Å².